The van der Waals surface area contributed by atoms with Gasteiger partial charge in [0.1, 0.15) is 17.2 Å². The summed E-state index contributed by atoms with van der Waals surface area (Å²) in [7, 11) is 0. The molecule has 1 aromatic carbocycles. The van der Waals surface area contributed by atoms with Gasteiger partial charge in [-0.15, -0.1) is 0 Å². The average Bonchev–Trinajstić information content (AvgIpc) is 2.56. The highest BCUT2D eigenvalue weighted by atomic mass is 19.1. The summed E-state index contributed by atoms with van der Waals surface area (Å²) in [6.45, 7) is 8.30. The number of halogens is 2. The summed E-state index contributed by atoms with van der Waals surface area (Å²) < 4.78 is 31.9. The molecule has 0 spiro atoms. The van der Waals surface area contributed by atoms with Crippen molar-refractivity contribution in [1.29, 1.82) is 0 Å². The van der Waals surface area contributed by atoms with Crippen LogP contribution >= 0.6 is 0 Å². The number of benzene rings is 1. The van der Waals surface area contributed by atoms with E-state index in [2.05, 4.69) is 5.32 Å². The minimum absolute atomic E-state index is 0.0760. The molecular weight excluding hydrogens is 382 g/mol. The van der Waals surface area contributed by atoms with Crippen LogP contribution in [0.3, 0.4) is 0 Å². The van der Waals surface area contributed by atoms with Crippen LogP contribution in [0.4, 0.5) is 8.78 Å². The second-order valence-corrected chi connectivity index (χ2v) is 8.18. The maximum Gasteiger partial charge on any atom is 0.334 e. The third kappa shape index (κ3) is 7.53. The maximum absolute atomic E-state index is 13.3. The zero-order valence-corrected chi connectivity index (χ0v) is 17.6. The molecule has 0 aliphatic rings. The smallest absolute Gasteiger partial charge is 0.334 e. The minimum atomic E-state index is -1.90. The van der Waals surface area contributed by atoms with E-state index in [1.54, 1.807) is 20.8 Å². The molecule has 3 N–H and O–H groups in total. The van der Waals surface area contributed by atoms with Crippen LogP contribution in [-0.2, 0) is 25.5 Å². The number of Topliss-reactive ketones (excluding diaryl/α,β-unsaturated/α-hetero) is 1. The molecule has 0 bridgehead atoms. The summed E-state index contributed by atoms with van der Waals surface area (Å²) in [6.07, 6.45) is 0.976. The van der Waals surface area contributed by atoms with Gasteiger partial charge in [-0.3, -0.25) is 9.59 Å². The molecule has 1 amide bonds. The van der Waals surface area contributed by atoms with Gasteiger partial charge in [0, 0.05) is 6.07 Å². The number of hydrogen-bond acceptors (Lipinski definition) is 5. The number of esters is 1. The van der Waals surface area contributed by atoms with Crippen LogP contribution in [0.15, 0.2) is 18.2 Å². The van der Waals surface area contributed by atoms with E-state index in [4.69, 9.17) is 10.5 Å². The molecule has 0 saturated carbocycles. The Morgan fingerprint density at radius 1 is 1.14 bits per heavy atom. The van der Waals surface area contributed by atoms with Crippen molar-refractivity contribution in [2.45, 2.75) is 77.5 Å². The normalized spacial score (nSPS) is 14.6. The molecule has 0 saturated heterocycles. The van der Waals surface area contributed by atoms with Crippen LogP contribution in [0.5, 0.6) is 0 Å². The fourth-order valence-electron chi connectivity index (χ4n) is 2.79. The fraction of sp³-hybridized carbons (Fsp3) is 0.571. The van der Waals surface area contributed by atoms with Gasteiger partial charge in [0.15, 0.2) is 11.3 Å². The van der Waals surface area contributed by atoms with Crippen LogP contribution in [0.25, 0.3) is 0 Å². The third-order valence-electron chi connectivity index (χ3n) is 4.19. The maximum atomic E-state index is 13.3. The minimum Gasteiger partial charge on any atom is -0.458 e. The lowest BCUT2D eigenvalue weighted by molar-refractivity contribution is -0.165. The standard InChI is InChI=1S/C21H30F2N2O4/c1-6-7-8-21(24,19(28)29-20(3,4)5)18(27)13(2)25-17(26)11-14-9-15(22)12-16(23)10-14/h9-10,12-13H,6-8,11,24H2,1-5H3,(H,25,26)/t13-,21-/m0/s1. The van der Waals surface area contributed by atoms with Gasteiger partial charge in [-0.05, 0) is 51.8 Å². The largest absolute Gasteiger partial charge is 0.458 e. The van der Waals surface area contributed by atoms with Gasteiger partial charge in [0.05, 0.1) is 12.5 Å². The van der Waals surface area contributed by atoms with E-state index in [9.17, 15) is 23.2 Å². The third-order valence-corrected chi connectivity index (χ3v) is 4.19. The Balaban J connectivity index is 2.91. The van der Waals surface area contributed by atoms with Gasteiger partial charge in [-0.2, -0.15) is 0 Å². The predicted octanol–water partition coefficient (Wildman–Crippen LogP) is 2.81. The Bertz CT molecular complexity index is 741. The molecule has 8 heteroatoms. The summed E-state index contributed by atoms with van der Waals surface area (Å²) in [6, 6.07) is 1.68. The van der Waals surface area contributed by atoms with Gasteiger partial charge in [-0.1, -0.05) is 19.8 Å². The molecule has 0 unspecified atom stereocenters. The van der Waals surface area contributed by atoms with Gasteiger partial charge in [0.25, 0.3) is 0 Å². The van der Waals surface area contributed by atoms with Gasteiger partial charge >= 0.3 is 5.97 Å². The number of rotatable bonds is 9. The van der Waals surface area contributed by atoms with Crippen molar-refractivity contribution in [2.75, 3.05) is 0 Å². The number of hydrogen-bond donors (Lipinski definition) is 2. The van der Waals surface area contributed by atoms with Crippen LogP contribution in [0.1, 0.15) is 59.4 Å². The highest BCUT2D eigenvalue weighted by Crippen LogP contribution is 2.21. The molecule has 0 fully saturated rings. The number of amides is 1. The molecular formula is C21H30F2N2O4. The first kappa shape index (κ1) is 24.7. The van der Waals surface area contributed by atoms with E-state index >= 15 is 0 Å². The zero-order chi connectivity index (χ0) is 22.4. The lowest BCUT2D eigenvalue weighted by atomic mass is 9.85. The molecule has 0 aliphatic carbocycles. The monoisotopic (exact) mass is 412 g/mol. The van der Waals surface area contributed by atoms with Crippen molar-refractivity contribution >= 4 is 17.7 Å². The molecule has 29 heavy (non-hydrogen) atoms. The Morgan fingerprint density at radius 2 is 1.69 bits per heavy atom. The molecule has 2 atom stereocenters. The Labute approximate surface area is 170 Å². The van der Waals surface area contributed by atoms with E-state index in [0.29, 0.717) is 18.9 Å². The number of carbonyl (C=O) groups excluding carboxylic acids is 3. The topological polar surface area (TPSA) is 98.5 Å². The fourth-order valence-corrected chi connectivity index (χ4v) is 2.79. The summed E-state index contributed by atoms with van der Waals surface area (Å²) in [5.41, 5.74) is 3.56. The van der Waals surface area contributed by atoms with Gasteiger partial charge in [-0.25, -0.2) is 13.6 Å². The van der Waals surface area contributed by atoms with Crippen molar-refractivity contribution in [3.8, 4) is 0 Å². The molecule has 162 valence electrons. The van der Waals surface area contributed by atoms with Gasteiger partial charge in [0.2, 0.25) is 5.91 Å². The number of unbranched alkanes of at least 4 members (excludes halogenated alkanes) is 1. The zero-order valence-electron chi connectivity index (χ0n) is 17.6. The number of ether oxygens (including phenoxy) is 1. The lowest BCUT2D eigenvalue weighted by Crippen LogP contribution is -2.62. The first-order valence-corrected chi connectivity index (χ1v) is 9.59. The van der Waals surface area contributed by atoms with E-state index < -0.39 is 46.5 Å². The van der Waals surface area contributed by atoms with Crippen LogP contribution in [0.2, 0.25) is 0 Å². The average molecular weight is 412 g/mol. The summed E-state index contributed by atoms with van der Waals surface area (Å²) >= 11 is 0. The Hall–Kier alpha value is -2.35. The van der Waals surface area contributed by atoms with Crippen LogP contribution in [-0.4, -0.2) is 34.8 Å². The number of carbonyl (C=O) groups is 3. The molecule has 0 radical (unpaired) electrons. The second kappa shape index (κ2) is 9.91. The first-order chi connectivity index (χ1) is 13.3. The Morgan fingerprint density at radius 3 is 2.17 bits per heavy atom. The van der Waals surface area contributed by atoms with Crippen molar-refractivity contribution < 1.29 is 27.9 Å². The second-order valence-electron chi connectivity index (χ2n) is 8.18. The molecule has 0 heterocycles. The SMILES string of the molecule is CCCC[C@@](N)(C(=O)OC(C)(C)C)C(=O)[C@H](C)NC(=O)Cc1cc(F)cc(F)c1. The van der Waals surface area contributed by atoms with Crippen molar-refractivity contribution in [3.05, 3.63) is 35.4 Å². The molecule has 1 rings (SSSR count). The molecule has 6 nitrogen and oxygen atoms in total. The predicted molar refractivity (Wildman–Crippen MR) is 105 cm³/mol. The van der Waals surface area contributed by atoms with Crippen molar-refractivity contribution in [1.82, 2.24) is 5.32 Å². The van der Waals surface area contributed by atoms with Crippen LogP contribution < -0.4 is 11.1 Å². The quantitative estimate of drug-likeness (QED) is 0.480. The molecule has 1 aromatic rings. The van der Waals surface area contributed by atoms with Crippen molar-refractivity contribution in [2.24, 2.45) is 5.73 Å². The Kier molecular flexibility index (Phi) is 8.44. The van der Waals surface area contributed by atoms with Crippen molar-refractivity contribution in [3.63, 3.8) is 0 Å². The highest BCUT2D eigenvalue weighted by molar-refractivity contribution is 6.11. The lowest BCUT2D eigenvalue weighted by Gasteiger charge is -2.32. The summed E-state index contributed by atoms with van der Waals surface area (Å²) in [5.74, 6) is -3.77. The molecule has 0 aliphatic heterocycles. The van der Waals surface area contributed by atoms with Crippen LogP contribution in [0, 0.1) is 11.6 Å². The van der Waals surface area contributed by atoms with Gasteiger partial charge < -0.3 is 15.8 Å². The number of ketones is 1. The molecule has 0 aromatic heterocycles. The van der Waals surface area contributed by atoms with E-state index in [0.717, 1.165) is 12.1 Å². The van der Waals surface area contributed by atoms with E-state index in [1.165, 1.54) is 6.92 Å². The van der Waals surface area contributed by atoms with E-state index in [1.807, 2.05) is 6.92 Å². The highest BCUT2D eigenvalue weighted by Gasteiger charge is 2.46. The summed E-state index contributed by atoms with van der Waals surface area (Å²) in [5, 5.41) is 2.45. The number of nitrogens with two attached hydrogens (primary N) is 1. The summed E-state index contributed by atoms with van der Waals surface area (Å²) in [4.78, 5) is 37.8. The number of nitrogens with one attached hydrogen (secondary N) is 1. The van der Waals surface area contributed by atoms with E-state index in [-0.39, 0.29) is 18.4 Å². The first-order valence-electron chi connectivity index (χ1n) is 9.59.